The van der Waals surface area contributed by atoms with Gasteiger partial charge in [0.1, 0.15) is 11.6 Å². The first-order valence-corrected chi connectivity index (χ1v) is 10.2. The van der Waals surface area contributed by atoms with Crippen LogP contribution in [0, 0.1) is 0 Å². The molecule has 0 atom stereocenters. The lowest BCUT2D eigenvalue weighted by atomic mass is 10.1. The number of ether oxygens (including phenoxy) is 1. The molecule has 33 heavy (non-hydrogen) atoms. The SMILES string of the molecule is COc1ccc(CNC(=O)c2ccc3c(c2)c(=O)n(Cc2ccc(N)nc2)c(=O)n3C)cc1. The molecule has 0 fully saturated rings. The van der Waals surface area contributed by atoms with Gasteiger partial charge in [0.2, 0.25) is 0 Å². The maximum Gasteiger partial charge on any atom is 0.331 e. The number of fused-ring (bicyclic) bond motifs is 1. The van der Waals surface area contributed by atoms with Crippen LogP contribution >= 0.6 is 0 Å². The minimum atomic E-state index is -0.477. The van der Waals surface area contributed by atoms with Crippen LogP contribution in [0.5, 0.6) is 5.75 Å². The van der Waals surface area contributed by atoms with E-state index in [4.69, 9.17) is 10.5 Å². The molecular weight excluding hydrogens is 422 g/mol. The molecule has 0 saturated heterocycles. The third kappa shape index (κ3) is 4.47. The summed E-state index contributed by atoms with van der Waals surface area (Å²) in [5.74, 6) is 0.759. The van der Waals surface area contributed by atoms with Gasteiger partial charge in [0.05, 0.1) is 24.6 Å². The number of carbonyl (C=O) groups is 1. The third-order valence-corrected chi connectivity index (χ3v) is 5.41. The van der Waals surface area contributed by atoms with Crippen LogP contribution in [-0.4, -0.2) is 27.1 Å². The number of amides is 1. The number of benzene rings is 2. The van der Waals surface area contributed by atoms with E-state index in [1.165, 1.54) is 16.8 Å². The molecule has 2 heterocycles. The van der Waals surface area contributed by atoms with Gasteiger partial charge in [0.25, 0.3) is 11.5 Å². The van der Waals surface area contributed by atoms with E-state index in [9.17, 15) is 14.4 Å². The molecule has 1 amide bonds. The topological polar surface area (TPSA) is 121 Å². The highest BCUT2D eigenvalue weighted by Crippen LogP contribution is 2.13. The normalized spacial score (nSPS) is 10.8. The Balaban J connectivity index is 1.64. The van der Waals surface area contributed by atoms with Crippen LogP contribution in [0.2, 0.25) is 0 Å². The zero-order valence-electron chi connectivity index (χ0n) is 18.2. The number of nitrogens with one attached hydrogen (secondary N) is 1. The number of anilines is 1. The van der Waals surface area contributed by atoms with Gasteiger partial charge >= 0.3 is 5.69 Å². The maximum atomic E-state index is 13.1. The molecule has 3 N–H and O–H groups in total. The van der Waals surface area contributed by atoms with E-state index in [0.717, 1.165) is 15.9 Å². The Morgan fingerprint density at radius 3 is 2.45 bits per heavy atom. The molecule has 2 aromatic heterocycles. The smallest absolute Gasteiger partial charge is 0.331 e. The molecule has 4 aromatic rings. The number of methoxy groups -OCH3 is 1. The molecule has 0 spiro atoms. The number of aromatic nitrogens is 3. The van der Waals surface area contributed by atoms with E-state index >= 15 is 0 Å². The predicted octanol–water partition coefficient (Wildman–Crippen LogP) is 1.66. The van der Waals surface area contributed by atoms with Crippen molar-refractivity contribution in [2.45, 2.75) is 13.1 Å². The zero-order valence-corrected chi connectivity index (χ0v) is 18.2. The average molecular weight is 445 g/mol. The summed E-state index contributed by atoms with van der Waals surface area (Å²) in [5.41, 5.74) is 7.02. The van der Waals surface area contributed by atoms with Gasteiger partial charge in [-0.05, 0) is 47.5 Å². The number of nitrogen functional groups attached to an aromatic ring is 1. The quantitative estimate of drug-likeness (QED) is 0.466. The van der Waals surface area contributed by atoms with E-state index in [-0.39, 0.29) is 17.8 Å². The summed E-state index contributed by atoms with van der Waals surface area (Å²) in [6.07, 6.45) is 1.52. The lowest BCUT2D eigenvalue weighted by Crippen LogP contribution is -2.39. The molecule has 0 aliphatic heterocycles. The fraction of sp³-hybridized carbons (Fsp3) is 0.167. The van der Waals surface area contributed by atoms with E-state index in [1.54, 1.807) is 38.4 Å². The summed E-state index contributed by atoms with van der Waals surface area (Å²) in [5, 5.41) is 3.12. The number of aryl methyl sites for hydroxylation is 1. The largest absolute Gasteiger partial charge is 0.497 e. The summed E-state index contributed by atoms with van der Waals surface area (Å²) in [6, 6.07) is 15.4. The Morgan fingerprint density at radius 2 is 1.79 bits per heavy atom. The summed E-state index contributed by atoms with van der Waals surface area (Å²) in [4.78, 5) is 42.7. The number of nitrogens with zero attached hydrogens (tertiary/aromatic N) is 3. The van der Waals surface area contributed by atoms with E-state index < -0.39 is 11.2 Å². The van der Waals surface area contributed by atoms with Gasteiger partial charge in [0, 0.05) is 25.4 Å². The highest BCUT2D eigenvalue weighted by atomic mass is 16.5. The van der Waals surface area contributed by atoms with Gasteiger partial charge < -0.3 is 15.8 Å². The Labute approximate surface area is 189 Å². The standard InChI is InChI=1S/C24H23N5O4/c1-28-20-9-6-17(22(30)27-12-15-3-7-18(33-2)8-4-15)11-19(20)23(31)29(24(28)32)14-16-5-10-21(25)26-13-16/h3-11,13H,12,14H2,1-2H3,(H2,25,26)(H,27,30). The number of rotatable bonds is 6. The summed E-state index contributed by atoms with van der Waals surface area (Å²) >= 11 is 0. The van der Waals surface area contributed by atoms with E-state index in [1.807, 2.05) is 24.3 Å². The zero-order chi connectivity index (χ0) is 23.5. The molecule has 168 valence electrons. The fourth-order valence-electron chi connectivity index (χ4n) is 3.54. The Morgan fingerprint density at radius 1 is 1.06 bits per heavy atom. The number of pyridine rings is 1. The molecule has 9 nitrogen and oxygen atoms in total. The second kappa shape index (κ2) is 8.99. The van der Waals surface area contributed by atoms with Gasteiger partial charge in [-0.25, -0.2) is 9.78 Å². The molecule has 0 unspecified atom stereocenters. The molecule has 0 aliphatic carbocycles. The molecule has 0 saturated carbocycles. The first-order valence-electron chi connectivity index (χ1n) is 10.2. The van der Waals surface area contributed by atoms with Crippen LogP contribution in [0.1, 0.15) is 21.5 Å². The van der Waals surface area contributed by atoms with Crippen LogP contribution < -0.4 is 27.0 Å². The Bertz CT molecular complexity index is 1440. The van der Waals surface area contributed by atoms with E-state index in [0.29, 0.717) is 29.0 Å². The second-order valence-electron chi connectivity index (χ2n) is 7.59. The van der Waals surface area contributed by atoms with E-state index in [2.05, 4.69) is 10.3 Å². The number of nitrogens with two attached hydrogens (primary N) is 1. The first-order chi connectivity index (χ1) is 15.9. The number of hydrogen-bond acceptors (Lipinski definition) is 6. The van der Waals surface area contributed by atoms with Gasteiger partial charge in [0.15, 0.2) is 0 Å². The number of hydrogen-bond donors (Lipinski definition) is 2. The van der Waals surface area contributed by atoms with Crippen LogP contribution in [0.15, 0.2) is 70.4 Å². The lowest BCUT2D eigenvalue weighted by Gasteiger charge is -2.12. The summed E-state index contributed by atoms with van der Waals surface area (Å²) in [6.45, 7) is 0.366. The van der Waals surface area contributed by atoms with Crippen LogP contribution in [0.4, 0.5) is 5.82 Å². The van der Waals surface area contributed by atoms with Crippen molar-refractivity contribution in [2.24, 2.45) is 7.05 Å². The van der Waals surface area contributed by atoms with Crippen molar-refractivity contribution in [3.05, 3.63) is 98.3 Å². The first kappa shape index (κ1) is 21.8. The van der Waals surface area contributed by atoms with Crippen molar-refractivity contribution in [1.29, 1.82) is 0 Å². The van der Waals surface area contributed by atoms with Gasteiger partial charge in [-0.1, -0.05) is 18.2 Å². The molecule has 2 aromatic carbocycles. The van der Waals surface area contributed by atoms with Crippen molar-refractivity contribution >= 4 is 22.6 Å². The average Bonchev–Trinajstić information content (AvgIpc) is 2.85. The molecular formula is C24H23N5O4. The molecule has 0 aliphatic rings. The highest BCUT2D eigenvalue weighted by Gasteiger charge is 2.14. The number of carbonyl (C=O) groups excluding carboxylic acids is 1. The molecule has 9 heteroatoms. The maximum absolute atomic E-state index is 13.1. The monoisotopic (exact) mass is 445 g/mol. The van der Waals surface area contributed by atoms with Crippen LogP contribution in [0.3, 0.4) is 0 Å². The Kier molecular flexibility index (Phi) is 5.95. The molecule has 4 rings (SSSR count). The fourth-order valence-corrected chi connectivity index (χ4v) is 3.54. The van der Waals surface area contributed by atoms with Crippen LogP contribution in [0.25, 0.3) is 10.9 Å². The van der Waals surface area contributed by atoms with Crippen LogP contribution in [-0.2, 0) is 20.1 Å². The van der Waals surface area contributed by atoms with Crippen molar-refractivity contribution in [3.8, 4) is 5.75 Å². The predicted molar refractivity (Wildman–Crippen MR) is 125 cm³/mol. The summed E-state index contributed by atoms with van der Waals surface area (Å²) < 4.78 is 7.64. The molecule has 0 radical (unpaired) electrons. The van der Waals surface area contributed by atoms with Crippen molar-refractivity contribution in [2.75, 3.05) is 12.8 Å². The lowest BCUT2D eigenvalue weighted by molar-refractivity contribution is 0.0951. The van der Waals surface area contributed by atoms with Gasteiger partial charge in [-0.15, -0.1) is 0 Å². The Hall–Kier alpha value is -4.40. The minimum Gasteiger partial charge on any atom is -0.497 e. The minimum absolute atomic E-state index is 0.0443. The van der Waals surface area contributed by atoms with Gasteiger partial charge in [-0.2, -0.15) is 0 Å². The molecule has 0 bridgehead atoms. The summed E-state index contributed by atoms with van der Waals surface area (Å²) in [7, 11) is 3.18. The van der Waals surface area contributed by atoms with Crippen molar-refractivity contribution < 1.29 is 9.53 Å². The van der Waals surface area contributed by atoms with Gasteiger partial charge in [-0.3, -0.25) is 18.7 Å². The highest BCUT2D eigenvalue weighted by molar-refractivity contribution is 5.97. The third-order valence-electron chi connectivity index (χ3n) is 5.41. The second-order valence-corrected chi connectivity index (χ2v) is 7.59. The van der Waals surface area contributed by atoms with Crippen molar-refractivity contribution in [1.82, 2.24) is 19.4 Å². The van der Waals surface area contributed by atoms with Crippen molar-refractivity contribution in [3.63, 3.8) is 0 Å².